The third-order valence-electron chi connectivity index (χ3n) is 6.16. The molecule has 1 aromatic rings. The van der Waals surface area contributed by atoms with Crippen molar-refractivity contribution in [2.45, 2.75) is 36.9 Å². The summed E-state index contributed by atoms with van der Waals surface area (Å²) < 4.78 is 11.8. The number of hydrogen-bond donors (Lipinski definition) is 1. The lowest BCUT2D eigenvalue weighted by molar-refractivity contribution is 0.0639. The number of methoxy groups -OCH3 is 1. The largest absolute Gasteiger partial charge is 0.504 e. The summed E-state index contributed by atoms with van der Waals surface area (Å²) in [5.41, 5.74) is 3.69. The van der Waals surface area contributed by atoms with Gasteiger partial charge < -0.3 is 14.6 Å². The van der Waals surface area contributed by atoms with Crippen LogP contribution in [-0.2, 0) is 10.2 Å². The van der Waals surface area contributed by atoms with Crippen LogP contribution in [0.15, 0.2) is 35.6 Å². The van der Waals surface area contributed by atoms with Gasteiger partial charge in [0.25, 0.3) is 0 Å². The SMILES string of the molecule is COC1=CC=C2[C@@H](C)N(C)C3C[C@@]24c2c3ccc(O)c2OC14. The summed E-state index contributed by atoms with van der Waals surface area (Å²) in [6.07, 6.45) is 5.07. The Kier molecular flexibility index (Phi) is 2.11. The molecule has 1 spiro atoms. The van der Waals surface area contributed by atoms with E-state index in [1.807, 2.05) is 6.08 Å². The number of phenolic OH excluding ortho intramolecular Hbond substituents is 1. The fraction of sp³-hybridized carbons (Fsp3) is 0.444. The highest BCUT2D eigenvalue weighted by molar-refractivity contribution is 5.68. The number of rotatable bonds is 1. The summed E-state index contributed by atoms with van der Waals surface area (Å²) in [7, 11) is 3.88. The first-order valence-corrected chi connectivity index (χ1v) is 7.80. The molecule has 1 saturated heterocycles. The van der Waals surface area contributed by atoms with E-state index in [-0.39, 0.29) is 17.3 Å². The lowest BCUT2D eigenvalue weighted by Crippen LogP contribution is -2.52. The summed E-state index contributed by atoms with van der Waals surface area (Å²) >= 11 is 0. The lowest BCUT2D eigenvalue weighted by Gasteiger charge is -2.47. The first-order chi connectivity index (χ1) is 10.6. The third-order valence-corrected chi connectivity index (χ3v) is 6.16. The Morgan fingerprint density at radius 2 is 2.18 bits per heavy atom. The van der Waals surface area contributed by atoms with E-state index < -0.39 is 0 Å². The van der Waals surface area contributed by atoms with Crippen molar-refractivity contribution in [1.82, 2.24) is 4.90 Å². The molecule has 22 heavy (non-hydrogen) atoms. The monoisotopic (exact) mass is 297 g/mol. The van der Waals surface area contributed by atoms with Crippen molar-refractivity contribution in [3.05, 3.63) is 46.7 Å². The first-order valence-electron chi connectivity index (χ1n) is 7.80. The summed E-state index contributed by atoms with van der Waals surface area (Å²) in [6.45, 7) is 2.26. The van der Waals surface area contributed by atoms with Crippen LogP contribution in [0.3, 0.4) is 0 Å². The van der Waals surface area contributed by atoms with Crippen LogP contribution in [0, 0.1) is 0 Å². The maximum Gasteiger partial charge on any atom is 0.169 e. The molecule has 1 aromatic carbocycles. The number of nitrogens with zero attached hydrogens (tertiary/aromatic N) is 1. The van der Waals surface area contributed by atoms with Crippen LogP contribution >= 0.6 is 0 Å². The predicted octanol–water partition coefficient (Wildman–Crippen LogP) is 2.64. The molecule has 0 aromatic heterocycles. The maximum atomic E-state index is 10.3. The standard InChI is InChI=1S/C18H19NO3/c1-9-11-5-7-14(21-3)17-18(11)8-12(19(9)2)10-4-6-13(20)16(22-17)15(10)18/h4-7,9,12,17,20H,8H2,1-3H3/t9-,12?,17?,18+/m1/s1. The molecule has 4 nitrogen and oxygen atoms in total. The number of phenols is 1. The van der Waals surface area contributed by atoms with Gasteiger partial charge in [-0.05, 0) is 43.7 Å². The van der Waals surface area contributed by atoms with Gasteiger partial charge in [-0.15, -0.1) is 0 Å². The van der Waals surface area contributed by atoms with E-state index >= 15 is 0 Å². The average Bonchev–Trinajstić information content (AvgIpc) is 3.01. The molecule has 0 radical (unpaired) electrons. The van der Waals surface area contributed by atoms with E-state index in [1.165, 1.54) is 16.7 Å². The van der Waals surface area contributed by atoms with Crippen LogP contribution in [0.5, 0.6) is 11.5 Å². The highest BCUT2D eigenvalue weighted by atomic mass is 16.5. The van der Waals surface area contributed by atoms with Crippen molar-refractivity contribution in [3.63, 3.8) is 0 Å². The highest BCUT2D eigenvalue weighted by Crippen LogP contribution is 2.67. The lowest BCUT2D eigenvalue weighted by atomic mass is 9.65. The normalized spacial score (nSPS) is 37.3. The third kappa shape index (κ3) is 1.10. The Labute approximate surface area is 129 Å². The number of ether oxygens (including phenoxy) is 2. The second-order valence-electron chi connectivity index (χ2n) is 6.80. The summed E-state index contributed by atoms with van der Waals surface area (Å²) in [5, 5.41) is 10.3. The molecule has 1 fully saturated rings. The number of fused-ring (bicyclic) bond motifs is 2. The van der Waals surface area contributed by atoms with Gasteiger partial charge in [-0.3, -0.25) is 4.90 Å². The van der Waals surface area contributed by atoms with Crippen LogP contribution in [-0.4, -0.2) is 36.3 Å². The molecule has 2 heterocycles. The van der Waals surface area contributed by atoms with Gasteiger partial charge in [-0.1, -0.05) is 12.1 Å². The van der Waals surface area contributed by atoms with Crippen molar-refractivity contribution in [2.75, 3.05) is 14.2 Å². The zero-order valence-electron chi connectivity index (χ0n) is 13.0. The van der Waals surface area contributed by atoms with Crippen LogP contribution in [0.25, 0.3) is 0 Å². The molecule has 2 unspecified atom stereocenters. The van der Waals surface area contributed by atoms with E-state index in [0.29, 0.717) is 17.8 Å². The van der Waals surface area contributed by atoms with Crippen molar-refractivity contribution in [2.24, 2.45) is 0 Å². The van der Waals surface area contributed by atoms with Gasteiger partial charge >= 0.3 is 0 Å². The van der Waals surface area contributed by atoms with Crippen LogP contribution in [0.4, 0.5) is 0 Å². The molecule has 1 N–H and O–H groups in total. The molecule has 114 valence electrons. The minimum absolute atomic E-state index is 0.152. The fourth-order valence-electron chi connectivity index (χ4n) is 5.08. The van der Waals surface area contributed by atoms with Gasteiger partial charge in [-0.25, -0.2) is 0 Å². The van der Waals surface area contributed by atoms with E-state index in [9.17, 15) is 5.11 Å². The molecule has 2 aliphatic heterocycles. The van der Waals surface area contributed by atoms with Crippen molar-refractivity contribution in [1.29, 1.82) is 0 Å². The molecule has 0 saturated carbocycles. The Morgan fingerprint density at radius 1 is 1.36 bits per heavy atom. The van der Waals surface area contributed by atoms with Gasteiger partial charge in [0.15, 0.2) is 17.6 Å². The topological polar surface area (TPSA) is 41.9 Å². The summed E-state index contributed by atoms with van der Waals surface area (Å²) in [5.74, 6) is 1.74. The zero-order valence-corrected chi connectivity index (χ0v) is 13.0. The number of aromatic hydroxyl groups is 1. The molecule has 2 aliphatic carbocycles. The quantitative estimate of drug-likeness (QED) is 0.865. The molecule has 0 amide bonds. The first kappa shape index (κ1) is 12.6. The highest BCUT2D eigenvalue weighted by Gasteiger charge is 2.65. The molecule has 5 rings (SSSR count). The Hall–Kier alpha value is -1.94. The van der Waals surface area contributed by atoms with Gasteiger partial charge in [0.05, 0.1) is 12.5 Å². The average molecular weight is 297 g/mol. The zero-order chi connectivity index (χ0) is 15.2. The van der Waals surface area contributed by atoms with E-state index in [1.54, 1.807) is 13.2 Å². The summed E-state index contributed by atoms with van der Waals surface area (Å²) in [4.78, 5) is 2.44. The number of allylic oxidation sites excluding steroid dienone is 2. The maximum absolute atomic E-state index is 10.3. The molecule has 4 atom stereocenters. The number of benzene rings is 1. The van der Waals surface area contributed by atoms with Crippen molar-refractivity contribution >= 4 is 0 Å². The Balaban J connectivity index is 1.88. The van der Waals surface area contributed by atoms with E-state index in [0.717, 1.165) is 12.2 Å². The smallest absolute Gasteiger partial charge is 0.169 e. The van der Waals surface area contributed by atoms with Crippen LogP contribution in [0.2, 0.25) is 0 Å². The second kappa shape index (κ2) is 3.69. The predicted molar refractivity (Wildman–Crippen MR) is 82.0 cm³/mol. The number of piperidine rings is 1. The Morgan fingerprint density at radius 3 is 2.95 bits per heavy atom. The number of likely N-dealkylation sites (tertiary alicyclic amines) is 1. The van der Waals surface area contributed by atoms with Crippen LogP contribution in [0.1, 0.15) is 30.5 Å². The van der Waals surface area contributed by atoms with Crippen molar-refractivity contribution < 1.29 is 14.6 Å². The van der Waals surface area contributed by atoms with Gasteiger partial charge in [-0.2, -0.15) is 0 Å². The fourth-order valence-corrected chi connectivity index (χ4v) is 5.08. The molecule has 4 aliphatic rings. The van der Waals surface area contributed by atoms with Crippen LogP contribution < -0.4 is 4.74 Å². The minimum atomic E-state index is -0.167. The Bertz CT molecular complexity index is 766. The summed E-state index contributed by atoms with van der Waals surface area (Å²) in [6, 6.07) is 4.56. The molecular formula is C18H19NO3. The number of likely N-dealkylation sites (N-methyl/N-ethyl adjacent to an activating group) is 1. The number of hydrogen-bond acceptors (Lipinski definition) is 4. The van der Waals surface area contributed by atoms with E-state index in [4.69, 9.17) is 9.47 Å². The van der Waals surface area contributed by atoms with E-state index in [2.05, 4.69) is 31.0 Å². The molecule has 2 bridgehead atoms. The second-order valence-corrected chi connectivity index (χ2v) is 6.80. The van der Waals surface area contributed by atoms with Gasteiger partial charge in [0.1, 0.15) is 5.76 Å². The molecular weight excluding hydrogens is 278 g/mol. The minimum Gasteiger partial charge on any atom is -0.504 e. The molecule has 4 heteroatoms. The van der Waals surface area contributed by atoms with Gasteiger partial charge in [0, 0.05) is 17.6 Å². The van der Waals surface area contributed by atoms with Crippen molar-refractivity contribution in [3.8, 4) is 11.5 Å². The van der Waals surface area contributed by atoms with Gasteiger partial charge in [0.2, 0.25) is 0 Å².